The Hall–Kier alpha value is -1.56. The largest absolute Gasteiger partial charge is 0.396 e. The molecule has 23 heavy (non-hydrogen) atoms. The number of aryl methyl sites for hydroxylation is 1. The highest BCUT2D eigenvalue weighted by atomic mass is 16.3. The molecular formula is C17H33N5O. The second-order valence-electron chi connectivity index (χ2n) is 5.93. The molecule has 3 N–H and O–H groups in total. The molecular weight excluding hydrogens is 290 g/mol. The van der Waals surface area contributed by atoms with Crippen LogP contribution in [-0.2, 0) is 6.54 Å². The predicted molar refractivity (Wildman–Crippen MR) is 95.5 cm³/mol. The van der Waals surface area contributed by atoms with Gasteiger partial charge in [-0.1, -0.05) is 13.8 Å². The Labute approximate surface area is 140 Å². The van der Waals surface area contributed by atoms with Gasteiger partial charge in [-0.05, 0) is 44.1 Å². The molecule has 0 aromatic carbocycles. The number of nitrogens with one attached hydrogen (secondary N) is 2. The lowest BCUT2D eigenvalue weighted by Crippen LogP contribution is -2.39. The minimum absolute atomic E-state index is 0.103. The molecule has 0 aliphatic rings. The molecule has 0 radical (unpaired) electrons. The van der Waals surface area contributed by atoms with Gasteiger partial charge in [0, 0.05) is 45.2 Å². The van der Waals surface area contributed by atoms with Crippen molar-refractivity contribution in [3.63, 3.8) is 0 Å². The number of hydrogen-bond acceptors (Lipinski definition) is 3. The van der Waals surface area contributed by atoms with Gasteiger partial charge in [0.15, 0.2) is 5.96 Å². The van der Waals surface area contributed by atoms with Crippen LogP contribution in [0.4, 0.5) is 0 Å². The maximum Gasteiger partial charge on any atom is 0.191 e. The van der Waals surface area contributed by atoms with Crippen LogP contribution in [0.2, 0.25) is 0 Å². The topological polar surface area (TPSA) is 74.5 Å². The van der Waals surface area contributed by atoms with Gasteiger partial charge in [-0.25, -0.2) is 0 Å². The van der Waals surface area contributed by atoms with Crippen LogP contribution in [0.1, 0.15) is 46.5 Å². The van der Waals surface area contributed by atoms with E-state index in [1.54, 1.807) is 6.20 Å². The lowest BCUT2D eigenvalue weighted by Gasteiger charge is -2.29. The Balaban J connectivity index is 2.47. The number of guanidine groups is 1. The molecule has 6 heteroatoms. The summed E-state index contributed by atoms with van der Waals surface area (Å²) in [5, 5.41) is 20.2. The van der Waals surface area contributed by atoms with Gasteiger partial charge in [0.1, 0.15) is 0 Å². The van der Waals surface area contributed by atoms with Crippen molar-refractivity contribution in [3.05, 3.63) is 18.5 Å². The number of aliphatic imine (C=N–C) groups is 1. The van der Waals surface area contributed by atoms with Gasteiger partial charge in [-0.3, -0.25) is 9.67 Å². The molecule has 1 heterocycles. The van der Waals surface area contributed by atoms with E-state index < -0.39 is 0 Å². The van der Waals surface area contributed by atoms with Crippen LogP contribution >= 0.6 is 0 Å². The Morgan fingerprint density at radius 2 is 2.04 bits per heavy atom. The Kier molecular flexibility index (Phi) is 9.36. The molecule has 0 aliphatic carbocycles. The van der Waals surface area contributed by atoms with Crippen LogP contribution in [-0.4, -0.2) is 47.1 Å². The van der Waals surface area contributed by atoms with Gasteiger partial charge < -0.3 is 15.7 Å². The molecule has 0 fully saturated rings. The molecule has 0 spiro atoms. The zero-order chi connectivity index (χ0) is 17.0. The third kappa shape index (κ3) is 7.03. The fourth-order valence-electron chi connectivity index (χ4n) is 2.61. The van der Waals surface area contributed by atoms with E-state index in [0.717, 1.165) is 57.8 Å². The lowest BCUT2D eigenvalue weighted by atomic mass is 9.79. The van der Waals surface area contributed by atoms with Gasteiger partial charge in [0.05, 0.1) is 0 Å². The second kappa shape index (κ2) is 11.0. The number of aliphatic hydroxyl groups is 1. The van der Waals surface area contributed by atoms with Crippen molar-refractivity contribution in [3.8, 4) is 0 Å². The number of nitrogens with zero attached hydrogens (tertiary/aromatic N) is 3. The van der Waals surface area contributed by atoms with Crippen LogP contribution in [0.5, 0.6) is 0 Å². The predicted octanol–water partition coefficient (Wildman–Crippen LogP) is 2.02. The van der Waals surface area contributed by atoms with Gasteiger partial charge in [0.2, 0.25) is 0 Å². The summed E-state index contributed by atoms with van der Waals surface area (Å²) in [6.07, 6.45) is 7.65. The summed E-state index contributed by atoms with van der Waals surface area (Å²) in [6.45, 7) is 10.0. The molecule has 0 unspecified atom stereocenters. The minimum atomic E-state index is 0.103. The van der Waals surface area contributed by atoms with Crippen molar-refractivity contribution in [2.45, 2.75) is 53.0 Å². The van der Waals surface area contributed by atoms with Gasteiger partial charge in [-0.2, -0.15) is 5.10 Å². The zero-order valence-electron chi connectivity index (χ0n) is 14.9. The van der Waals surface area contributed by atoms with E-state index in [1.807, 2.05) is 16.9 Å². The van der Waals surface area contributed by atoms with E-state index in [1.165, 1.54) is 0 Å². The standard InChI is InChI=1S/C17H33N5O/c1-4-17(5-2,9-14-23)15-20-16(18-6-3)19-10-7-12-22-13-8-11-21-22/h8,11,13,23H,4-7,9-10,12,14-15H2,1-3H3,(H2,18,19,20). The molecule has 0 atom stereocenters. The maximum atomic E-state index is 9.31. The van der Waals surface area contributed by atoms with Crippen LogP contribution < -0.4 is 10.6 Å². The van der Waals surface area contributed by atoms with Crippen LogP contribution in [0.25, 0.3) is 0 Å². The lowest BCUT2D eigenvalue weighted by molar-refractivity contribution is 0.175. The van der Waals surface area contributed by atoms with E-state index in [9.17, 15) is 5.11 Å². The number of aliphatic hydroxyl groups excluding tert-OH is 1. The number of rotatable bonds is 11. The normalized spacial score (nSPS) is 12.4. The van der Waals surface area contributed by atoms with Crippen molar-refractivity contribution in [1.82, 2.24) is 20.4 Å². The first-order valence-electron chi connectivity index (χ1n) is 8.80. The van der Waals surface area contributed by atoms with E-state index in [0.29, 0.717) is 0 Å². The average molecular weight is 323 g/mol. The Morgan fingerprint density at radius 1 is 1.26 bits per heavy atom. The summed E-state index contributed by atoms with van der Waals surface area (Å²) < 4.78 is 1.94. The smallest absolute Gasteiger partial charge is 0.191 e. The van der Waals surface area contributed by atoms with E-state index in [2.05, 4.69) is 36.5 Å². The molecule has 1 aromatic rings. The average Bonchev–Trinajstić information content (AvgIpc) is 3.08. The second-order valence-corrected chi connectivity index (χ2v) is 5.93. The van der Waals surface area contributed by atoms with Gasteiger partial charge in [0.25, 0.3) is 0 Å². The van der Waals surface area contributed by atoms with Crippen molar-refractivity contribution in [2.24, 2.45) is 10.4 Å². The third-order valence-electron chi connectivity index (χ3n) is 4.47. The molecule has 0 saturated carbocycles. The highest BCUT2D eigenvalue weighted by Gasteiger charge is 2.25. The molecule has 0 amide bonds. The molecule has 6 nitrogen and oxygen atoms in total. The van der Waals surface area contributed by atoms with Crippen molar-refractivity contribution < 1.29 is 5.11 Å². The summed E-state index contributed by atoms with van der Waals surface area (Å²) in [4.78, 5) is 4.74. The molecule has 132 valence electrons. The number of aromatic nitrogens is 2. The van der Waals surface area contributed by atoms with E-state index >= 15 is 0 Å². The minimum Gasteiger partial charge on any atom is -0.396 e. The quantitative estimate of drug-likeness (QED) is 0.331. The summed E-state index contributed by atoms with van der Waals surface area (Å²) in [6, 6.07) is 1.94. The summed E-state index contributed by atoms with van der Waals surface area (Å²) in [5.41, 5.74) is 0.103. The highest BCUT2D eigenvalue weighted by molar-refractivity contribution is 5.79. The SMILES string of the molecule is CCNC(=NCC(CC)(CC)CCO)NCCCn1cccn1. The van der Waals surface area contributed by atoms with Crippen LogP contribution in [0.3, 0.4) is 0 Å². The fraction of sp³-hybridized carbons (Fsp3) is 0.765. The van der Waals surface area contributed by atoms with Gasteiger partial charge >= 0.3 is 0 Å². The third-order valence-corrected chi connectivity index (χ3v) is 4.47. The molecule has 0 saturated heterocycles. The highest BCUT2D eigenvalue weighted by Crippen LogP contribution is 2.30. The Morgan fingerprint density at radius 3 is 2.61 bits per heavy atom. The first-order chi connectivity index (χ1) is 11.2. The molecule has 0 bridgehead atoms. The monoisotopic (exact) mass is 323 g/mol. The van der Waals surface area contributed by atoms with E-state index in [-0.39, 0.29) is 12.0 Å². The summed E-state index contributed by atoms with van der Waals surface area (Å²) >= 11 is 0. The maximum absolute atomic E-state index is 9.31. The van der Waals surface area contributed by atoms with Crippen molar-refractivity contribution in [2.75, 3.05) is 26.2 Å². The zero-order valence-corrected chi connectivity index (χ0v) is 14.9. The van der Waals surface area contributed by atoms with Gasteiger partial charge in [-0.15, -0.1) is 0 Å². The fourth-order valence-corrected chi connectivity index (χ4v) is 2.61. The summed E-state index contributed by atoms with van der Waals surface area (Å²) in [7, 11) is 0. The first kappa shape index (κ1) is 19.5. The summed E-state index contributed by atoms with van der Waals surface area (Å²) in [5.74, 6) is 0.859. The van der Waals surface area contributed by atoms with Crippen molar-refractivity contribution >= 4 is 5.96 Å². The van der Waals surface area contributed by atoms with Crippen LogP contribution in [0.15, 0.2) is 23.5 Å². The Bertz CT molecular complexity index is 426. The molecule has 0 aliphatic heterocycles. The first-order valence-corrected chi connectivity index (χ1v) is 8.80. The van der Waals surface area contributed by atoms with Crippen LogP contribution in [0, 0.1) is 5.41 Å². The van der Waals surface area contributed by atoms with E-state index in [4.69, 9.17) is 4.99 Å². The molecule has 1 rings (SSSR count). The number of hydrogen-bond donors (Lipinski definition) is 3. The molecule has 1 aromatic heterocycles. The van der Waals surface area contributed by atoms with Crippen molar-refractivity contribution in [1.29, 1.82) is 0 Å².